The average Bonchev–Trinajstić information content (AvgIpc) is 2.71. The number of rotatable bonds is 5. The van der Waals surface area contributed by atoms with Gasteiger partial charge in [-0.3, -0.25) is 4.79 Å². The van der Waals surface area contributed by atoms with Gasteiger partial charge in [-0.1, -0.05) is 0 Å². The highest BCUT2D eigenvalue weighted by Crippen LogP contribution is 2.10. The summed E-state index contributed by atoms with van der Waals surface area (Å²) in [5.74, 6) is 0.256. The molecular formula is C12H16N3O2. The second-order valence-electron chi connectivity index (χ2n) is 4.07. The van der Waals surface area contributed by atoms with Gasteiger partial charge < -0.3 is 9.64 Å². The molecule has 1 aliphatic heterocycles. The van der Waals surface area contributed by atoms with Crippen molar-refractivity contribution in [3.05, 3.63) is 18.0 Å². The Hall–Kier alpha value is -1.65. The van der Waals surface area contributed by atoms with Gasteiger partial charge in [-0.05, 0) is 19.8 Å². The molecule has 0 aromatic carbocycles. The van der Waals surface area contributed by atoms with Crippen molar-refractivity contribution in [3.8, 4) is 6.01 Å². The molecule has 1 aliphatic rings. The summed E-state index contributed by atoms with van der Waals surface area (Å²) in [5, 5.41) is 0. The van der Waals surface area contributed by atoms with Crippen LogP contribution in [0.3, 0.4) is 0 Å². The molecule has 2 rings (SSSR count). The molecule has 5 heteroatoms. The van der Waals surface area contributed by atoms with Crippen molar-refractivity contribution in [2.75, 3.05) is 19.7 Å². The summed E-state index contributed by atoms with van der Waals surface area (Å²) in [4.78, 5) is 21.3. The zero-order valence-corrected chi connectivity index (χ0v) is 9.98. The van der Waals surface area contributed by atoms with Crippen LogP contribution in [0.4, 0.5) is 0 Å². The molecule has 2 heterocycles. The number of aryl methyl sites for hydroxylation is 1. The van der Waals surface area contributed by atoms with E-state index in [9.17, 15) is 4.79 Å². The summed E-state index contributed by atoms with van der Waals surface area (Å²) in [6.07, 6.45) is 4.04. The summed E-state index contributed by atoms with van der Waals surface area (Å²) < 4.78 is 5.40. The maximum Gasteiger partial charge on any atom is 0.316 e. The first-order valence-electron chi connectivity index (χ1n) is 5.87. The molecule has 0 aliphatic carbocycles. The maximum absolute atomic E-state index is 11.3. The molecule has 0 unspecified atom stereocenters. The number of carbonyl (C=O) groups is 1. The Morgan fingerprint density at radius 1 is 1.59 bits per heavy atom. The minimum absolute atomic E-state index is 0.256. The van der Waals surface area contributed by atoms with Crippen LogP contribution >= 0.6 is 0 Å². The average molecular weight is 234 g/mol. The second kappa shape index (κ2) is 5.61. The summed E-state index contributed by atoms with van der Waals surface area (Å²) in [7, 11) is 0. The molecule has 91 valence electrons. The third kappa shape index (κ3) is 3.41. The summed E-state index contributed by atoms with van der Waals surface area (Å²) in [6, 6.07) is 3.24. The Kier molecular flexibility index (Phi) is 3.90. The Morgan fingerprint density at radius 3 is 3.18 bits per heavy atom. The van der Waals surface area contributed by atoms with Crippen molar-refractivity contribution in [1.29, 1.82) is 0 Å². The highest BCUT2D eigenvalue weighted by Gasteiger charge is 2.18. The van der Waals surface area contributed by atoms with Gasteiger partial charge in [-0.25, -0.2) is 4.98 Å². The normalized spacial score (nSPS) is 15.4. The van der Waals surface area contributed by atoms with Crippen LogP contribution in [0, 0.1) is 13.0 Å². The van der Waals surface area contributed by atoms with Gasteiger partial charge in [0.05, 0.1) is 12.3 Å². The van der Waals surface area contributed by atoms with Crippen LogP contribution in [-0.2, 0) is 4.79 Å². The Balaban J connectivity index is 1.68. The van der Waals surface area contributed by atoms with Gasteiger partial charge in [-0.2, -0.15) is 4.98 Å². The van der Waals surface area contributed by atoms with Crippen LogP contribution in [0.25, 0.3) is 0 Å². The van der Waals surface area contributed by atoms with Crippen LogP contribution in [0.15, 0.2) is 6.20 Å². The molecule has 0 N–H and O–H groups in total. The molecule has 1 aromatic rings. The van der Waals surface area contributed by atoms with E-state index in [1.54, 1.807) is 6.20 Å². The van der Waals surface area contributed by atoms with Crippen LogP contribution in [0.1, 0.15) is 25.0 Å². The predicted molar refractivity (Wildman–Crippen MR) is 61.5 cm³/mol. The van der Waals surface area contributed by atoms with Gasteiger partial charge in [0.15, 0.2) is 0 Å². The maximum atomic E-state index is 11.3. The fourth-order valence-corrected chi connectivity index (χ4v) is 1.81. The zero-order valence-electron chi connectivity index (χ0n) is 9.98. The third-order valence-electron chi connectivity index (χ3n) is 2.69. The van der Waals surface area contributed by atoms with Crippen LogP contribution in [0.2, 0.25) is 0 Å². The topological polar surface area (TPSA) is 55.3 Å². The number of amides is 1. The Morgan fingerprint density at radius 2 is 2.47 bits per heavy atom. The molecular weight excluding hydrogens is 218 g/mol. The van der Waals surface area contributed by atoms with E-state index in [0.717, 1.165) is 31.6 Å². The van der Waals surface area contributed by atoms with E-state index >= 15 is 0 Å². The van der Waals surface area contributed by atoms with Gasteiger partial charge >= 0.3 is 6.01 Å². The van der Waals surface area contributed by atoms with Gasteiger partial charge in [0.25, 0.3) is 0 Å². The quantitative estimate of drug-likeness (QED) is 0.712. The molecule has 5 nitrogen and oxygen atoms in total. The number of carbonyl (C=O) groups excluding carboxylic acids is 1. The number of hydrogen-bond acceptors (Lipinski definition) is 4. The van der Waals surface area contributed by atoms with E-state index in [1.807, 2.05) is 11.8 Å². The van der Waals surface area contributed by atoms with E-state index in [0.29, 0.717) is 19.0 Å². The van der Waals surface area contributed by atoms with Gasteiger partial charge in [0.1, 0.15) is 0 Å². The number of aromatic nitrogens is 2. The second-order valence-corrected chi connectivity index (χ2v) is 4.07. The number of nitrogens with zero attached hydrogens (tertiary/aromatic N) is 3. The third-order valence-corrected chi connectivity index (χ3v) is 2.69. The Labute approximate surface area is 101 Å². The molecule has 0 atom stereocenters. The molecule has 1 amide bonds. The standard InChI is InChI=1S/C12H16N3O2/c1-10-5-6-13-12(14-10)17-9-3-8-15-7-2-4-11(15)16/h6H,2-4,7-9H2,1H3. The van der Waals surface area contributed by atoms with Gasteiger partial charge in [0, 0.05) is 31.8 Å². The first-order valence-corrected chi connectivity index (χ1v) is 5.87. The lowest BCUT2D eigenvalue weighted by Crippen LogP contribution is -2.26. The summed E-state index contributed by atoms with van der Waals surface area (Å²) in [5.41, 5.74) is 0.768. The minimum atomic E-state index is 0.256. The van der Waals surface area contributed by atoms with E-state index < -0.39 is 0 Å². The molecule has 1 fully saturated rings. The predicted octanol–water partition coefficient (Wildman–Crippen LogP) is 0.977. The van der Waals surface area contributed by atoms with E-state index in [1.165, 1.54) is 0 Å². The summed E-state index contributed by atoms with van der Waals surface area (Å²) in [6.45, 7) is 4.02. The molecule has 1 saturated heterocycles. The summed E-state index contributed by atoms with van der Waals surface area (Å²) >= 11 is 0. The van der Waals surface area contributed by atoms with Gasteiger partial charge in [-0.15, -0.1) is 0 Å². The van der Waals surface area contributed by atoms with E-state index in [2.05, 4.69) is 16.0 Å². The molecule has 1 radical (unpaired) electrons. The van der Waals surface area contributed by atoms with E-state index in [4.69, 9.17) is 4.74 Å². The molecule has 0 saturated carbocycles. The molecule has 17 heavy (non-hydrogen) atoms. The van der Waals surface area contributed by atoms with Crippen molar-refractivity contribution in [1.82, 2.24) is 14.9 Å². The first-order chi connectivity index (χ1) is 8.25. The molecule has 0 bridgehead atoms. The van der Waals surface area contributed by atoms with Crippen LogP contribution in [-0.4, -0.2) is 40.5 Å². The smallest absolute Gasteiger partial charge is 0.316 e. The number of ether oxygens (including phenoxy) is 1. The lowest BCUT2D eigenvalue weighted by Gasteiger charge is -2.14. The van der Waals surface area contributed by atoms with Crippen LogP contribution < -0.4 is 4.74 Å². The molecule has 0 spiro atoms. The lowest BCUT2D eigenvalue weighted by molar-refractivity contribution is -0.127. The van der Waals surface area contributed by atoms with Crippen molar-refractivity contribution >= 4 is 5.91 Å². The minimum Gasteiger partial charge on any atom is -0.463 e. The fourth-order valence-electron chi connectivity index (χ4n) is 1.81. The fraction of sp³-hybridized carbons (Fsp3) is 0.583. The Bertz CT molecular complexity index is 395. The highest BCUT2D eigenvalue weighted by atomic mass is 16.5. The van der Waals surface area contributed by atoms with Crippen molar-refractivity contribution in [3.63, 3.8) is 0 Å². The monoisotopic (exact) mass is 234 g/mol. The zero-order chi connectivity index (χ0) is 12.1. The van der Waals surface area contributed by atoms with Crippen LogP contribution in [0.5, 0.6) is 6.01 Å². The van der Waals surface area contributed by atoms with Gasteiger partial charge in [0.2, 0.25) is 5.91 Å². The van der Waals surface area contributed by atoms with Crippen molar-refractivity contribution in [2.24, 2.45) is 0 Å². The van der Waals surface area contributed by atoms with Crippen molar-refractivity contribution < 1.29 is 9.53 Å². The SMILES string of the molecule is Cc1[c]cnc(OCCCN2CCCC2=O)n1. The number of hydrogen-bond donors (Lipinski definition) is 0. The van der Waals surface area contributed by atoms with Crippen molar-refractivity contribution in [2.45, 2.75) is 26.2 Å². The van der Waals surface area contributed by atoms with E-state index in [-0.39, 0.29) is 5.91 Å². The lowest BCUT2D eigenvalue weighted by atomic mass is 10.4. The highest BCUT2D eigenvalue weighted by molar-refractivity contribution is 5.77. The molecule has 1 aromatic heterocycles. The first kappa shape index (κ1) is 11.8. The largest absolute Gasteiger partial charge is 0.463 e. The number of likely N-dealkylation sites (tertiary alicyclic amines) is 1.